The molecule has 1 amide bonds. The van der Waals surface area contributed by atoms with Crippen LogP contribution in [0.5, 0.6) is 5.75 Å². The van der Waals surface area contributed by atoms with Crippen LogP contribution in [0.2, 0.25) is 5.15 Å². The zero-order valence-electron chi connectivity index (χ0n) is 17.9. The molecule has 0 saturated carbocycles. The molecule has 1 aliphatic heterocycles. The lowest BCUT2D eigenvalue weighted by Crippen LogP contribution is -2.46. The van der Waals surface area contributed by atoms with Crippen molar-refractivity contribution in [3.63, 3.8) is 0 Å². The number of aromatic nitrogens is 1. The fraction of sp³-hybridized carbons (Fsp3) is 0.455. The van der Waals surface area contributed by atoms with Gasteiger partial charge in [-0.1, -0.05) is 23.7 Å². The molecule has 3 rings (SSSR count). The Hall–Kier alpha value is -2.67. The molecule has 30 heavy (non-hydrogen) atoms. The van der Waals surface area contributed by atoms with Gasteiger partial charge in [-0.25, -0.2) is 9.78 Å². The third kappa shape index (κ3) is 6.16. The third-order valence-electron chi connectivity index (χ3n) is 4.68. The molecule has 1 aromatic heterocycles. The molecular formula is C22H29ClN4O3. The van der Waals surface area contributed by atoms with Gasteiger partial charge in [0.2, 0.25) is 0 Å². The van der Waals surface area contributed by atoms with Gasteiger partial charge < -0.3 is 25.0 Å². The van der Waals surface area contributed by atoms with Crippen molar-refractivity contribution < 1.29 is 14.3 Å². The lowest BCUT2D eigenvalue weighted by Gasteiger charge is -2.29. The first-order valence-corrected chi connectivity index (χ1v) is 10.4. The number of methoxy groups -OCH3 is 1. The smallest absolute Gasteiger partial charge is 0.409 e. The number of ether oxygens (including phenoxy) is 2. The van der Waals surface area contributed by atoms with E-state index in [0.717, 1.165) is 36.4 Å². The van der Waals surface area contributed by atoms with E-state index in [2.05, 4.69) is 20.5 Å². The average Bonchev–Trinajstić information content (AvgIpc) is 3.13. The van der Waals surface area contributed by atoms with E-state index in [1.165, 1.54) is 0 Å². The summed E-state index contributed by atoms with van der Waals surface area (Å²) in [6, 6.07) is 11.6. The molecule has 2 heterocycles. The molecule has 1 atom stereocenters. The van der Waals surface area contributed by atoms with Crippen LogP contribution in [0.15, 0.2) is 36.4 Å². The number of benzene rings is 1. The number of carbonyl (C=O) groups is 1. The van der Waals surface area contributed by atoms with E-state index in [0.29, 0.717) is 17.5 Å². The number of amides is 1. The molecule has 1 unspecified atom stereocenters. The Labute approximate surface area is 182 Å². The Bertz CT molecular complexity index is 868. The van der Waals surface area contributed by atoms with Crippen LogP contribution in [0.25, 0.3) is 0 Å². The summed E-state index contributed by atoms with van der Waals surface area (Å²) in [5, 5.41) is 6.67. The predicted molar refractivity (Wildman–Crippen MR) is 119 cm³/mol. The fourth-order valence-electron chi connectivity index (χ4n) is 3.35. The quantitative estimate of drug-likeness (QED) is 0.638. The minimum Gasteiger partial charge on any atom is -0.497 e. The Morgan fingerprint density at radius 2 is 2.00 bits per heavy atom. The van der Waals surface area contributed by atoms with E-state index in [9.17, 15) is 4.79 Å². The molecule has 7 nitrogen and oxygen atoms in total. The predicted octanol–water partition coefficient (Wildman–Crippen LogP) is 4.81. The summed E-state index contributed by atoms with van der Waals surface area (Å²) in [6.45, 7) is 6.97. The highest BCUT2D eigenvalue weighted by Crippen LogP contribution is 2.29. The number of nitrogens with zero attached hydrogens (tertiary/aromatic N) is 2. The van der Waals surface area contributed by atoms with E-state index in [1.54, 1.807) is 7.11 Å². The van der Waals surface area contributed by atoms with Crippen molar-refractivity contribution in [3.8, 4) is 5.75 Å². The molecule has 1 fully saturated rings. The van der Waals surface area contributed by atoms with Gasteiger partial charge in [-0.05, 0) is 57.4 Å². The van der Waals surface area contributed by atoms with Gasteiger partial charge in [-0.3, -0.25) is 0 Å². The highest BCUT2D eigenvalue weighted by atomic mass is 35.5. The standard InChI is InChI=1S/C22H29ClN4O3/c1-22(2,3)30-21(28)26-20-6-5-11-27(20)16-12-18(23)25-19(13-16)24-14-15-7-9-17(29-4)10-8-15/h7-10,12-13,20H,5-6,11,14H2,1-4H3,(H,24,25)(H,26,28). The van der Waals surface area contributed by atoms with Crippen LogP contribution in [0, 0.1) is 0 Å². The number of hydrogen-bond donors (Lipinski definition) is 2. The van der Waals surface area contributed by atoms with E-state index in [1.807, 2.05) is 57.2 Å². The Kier molecular flexibility index (Phi) is 6.92. The van der Waals surface area contributed by atoms with Gasteiger partial charge in [0.25, 0.3) is 0 Å². The van der Waals surface area contributed by atoms with Crippen molar-refractivity contribution >= 4 is 29.2 Å². The van der Waals surface area contributed by atoms with Gasteiger partial charge in [0.05, 0.1) is 7.11 Å². The summed E-state index contributed by atoms with van der Waals surface area (Å²) < 4.78 is 10.6. The minimum absolute atomic E-state index is 0.146. The summed E-state index contributed by atoms with van der Waals surface area (Å²) in [7, 11) is 1.65. The number of carbonyl (C=O) groups excluding carboxylic acids is 1. The second-order valence-electron chi connectivity index (χ2n) is 8.23. The summed E-state index contributed by atoms with van der Waals surface area (Å²) in [5.74, 6) is 1.50. The number of rotatable bonds is 6. The molecule has 2 N–H and O–H groups in total. The second-order valence-corrected chi connectivity index (χ2v) is 8.62. The van der Waals surface area contributed by atoms with Gasteiger partial charge in [-0.15, -0.1) is 0 Å². The molecule has 2 aromatic rings. The molecule has 1 saturated heterocycles. The summed E-state index contributed by atoms with van der Waals surface area (Å²) in [5.41, 5.74) is 1.47. The van der Waals surface area contributed by atoms with Crippen molar-refractivity contribution in [2.75, 3.05) is 23.9 Å². The van der Waals surface area contributed by atoms with Crippen molar-refractivity contribution in [1.29, 1.82) is 0 Å². The second kappa shape index (κ2) is 9.43. The highest BCUT2D eigenvalue weighted by molar-refractivity contribution is 6.29. The number of hydrogen-bond acceptors (Lipinski definition) is 6. The first-order chi connectivity index (χ1) is 14.2. The van der Waals surface area contributed by atoms with Gasteiger partial charge in [0.1, 0.15) is 28.5 Å². The van der Waals surface area contributed by atoms with E-state index >= 15 is 0 Å². The lowest BCUT2D eigenvalue weighted by atomic mass is 10.2. The monoisotopic (exact) mass is 432 g/mol. The summed E-state index contributed by atoms with van der Waals surface area (Å²) in [6.07, 6.45) is 1.24. The molecule has 0 aliphatic carbocycles. The van der Waals surface area contributed by atoms with Gasteiger partial charge in [0, 0.05) is 24.8 Å². The maximum absolute atomic E-state index is 12.2. The lowest BCUT2D eigenvalue weighted by molar-refractivity contribution is 0.0506. The van der Waals surface area contributed by atoms with Crippen LogP contribution in [0.4, 0.5) is 16.3 Å². The third-order valence-corrected chi connectivity index (χ3v) is 4.87. The number of alkyl carbamates (subject to hydrolysis) is 1. The van der Waals surface area contributed by atoms with Crippen LogP contribution in [-0.2, 0) is 11.3 Å². The number of nitrogens with one attached hydrogen (secondary N) is 2. The van der Waals surface area contributed by atoms with Crippen LogP contribution in [0.3, 0.4) is 0 Å². The van der Waals surface area contributed by atoms with Crippen LogP contribution >= 0.6 is 11.6 Å². The molecule has 162 valence electrons. The topological polar surface area (TPSA) is 75.7 Å². The maximum Gasteiger partial charge on any atom is 0.409 e. The average molecular weight is 433 g/mol. The molecule has 1 aromatic carbocycles. The Balaban J connectivity index is 1.67. The largest absolute Gasteiger partial charge is 0.497 e. The van der Waals surface area contributed by atoms with Gasteiger partial charge in [0.15, 0.2) is 0 Å². The minimum atomic E-state index is -0.536. The van der Waals surface area contributed by atoms with Crippen molar-refractivity contribution in [2.24, 2.45) is 0 Å². The molecule has 0 bridgehead atoms. The molecule has 8 heteroatoms. The summed E-state index contributed by atoms with van der Waals surface area (Å²) in [4.78, 5) is 18.7. The summed E-state index contributed by atoms with van der Waals surface area (Å²) >= 11 is 6.28. The fourth-order valence-corrected chi connectivity index (χ4v) is 3.55. The molecule has 1 aliphatic rings. The van der Waals surface area contributed by atoms with Crippen LogP contribution in [0.1, 0.15) is 39.2 Å². The normalized spacial score (nSPS) is 16.3. The maximum atomic E-state index is 12.2. The van der Waals surface area contributed by atoms with Gasteiger partial charge >= 0.3 is 6.09 Å². The first kappa shape index (κ1) is 22.0. The van der Waals surface area contributed by atoms with Crippen molar-refractivity contribution in [2.45, 2.75) is 51.9 Å². The number of anilines is 2. The zero-order valence-corrected chi connectivity index (χ0v) is 18.6. The van der Waals surface area contributed by atoms with E-state index in [-0.39, 0.29) is 6.17 Å². The SMILES string of the molecule is COc1ccc(CNc2cc(N3CCCC3NC(=O)OC(C)(C)C)cc(Cl)n2)cc1. The van der Waals surface area contributed by atoms with Gasteiger partial charge in [-0.2, -0.15) is 0 Å². The highest BCUT2D eigenvalue weighted by Gasteiger charge is 2.28. The molecule has 0 spiro atoms. The number of halogens is 1. The van der Waals surface area contributed by atoms with Crippen molar-refractivity contribution in [3.05, 3.63) is 47.1 Å². The van der Waals surface area contributed by atoms with E-state index in [4.69, 9.17) is 21.1 Å². The number of pyridine rings is 1. The molecular weight excluding hydrogens is 404 g/mol. The zero-order chi connectivity index (χ0) is 21.7. The molecule has 0 radical (unpaired) electrons. The van der Waals surface area contributed by atoms with E-state index < -0.39 is 11.7 Å². The van der Waals surface area contributed by atoms with Crippen molar-refractivity contribution in [1.82, 2.24) is 10.3 Å². The Morgan fingerprint density at radius 1 is 1.27 bits per heavy atom. The van der Waals surface area contributed by atoms with Crippen LogP contribution in [-0.4, -0.2) is 36.5 Å². The first-order valence-electron chi connectivity index (χ1n) is 10.0. The van der Waals surface area contributed by atoms with Crippen LogP contribution < -0.4 is 20.3 Å². The Morgan fingerprint density at radius 3 is 2.67 bits per heavy atom.